The number of nitrogens with one attached hydrogen (secondary N) is 1. The molecule has 6 nitrogen and oxygen atoms in total. The Morgan fingerprint density at radius 3 is 2.50 bits per heavy atom. The summed E-state index contributed by atoms with van der Waals surface area (Å²) in [5, 5.41) is 7.24. The van der Waals surface area contributed by atoms with Crippen LogP contribution in [0.4, 0.5) is 11.5 Å². The molecule has 2 aromatic carbocycles. The van der Waals surface area contributed by atoms with Crippen molar-refractivity contribution in [2.75, 3.05) is 10.2 Å². The number of aryl methyl sites for hydroxylation is 3. The minimum absolute atomic E-state index is 0.0878. The third-order valence-corrected chi connectivity index (χ3v) is 5.09. The number of fused-ring (bicyclic) bond motifs is 1. The first-order valence-electron chi connectivity index (χ1n) is 9.31. The van der Waals surface area contributed by atoms with Gasteiger partial charge in [0, 0.05) is 23.7 Å². The van der Waals surface area contributed by atoms with Gasteiger partial charge >= 0.3 is 0 Å². The lowest BCUT2D eigenvalue weighted by Crippen LogP contribution is -2.36. The molecule has 1 aromatic heterocycles. The van der Waals surface area contributed by atoms with Crippen molar-refractivity contribution >= 4 is 23.3 Å². The van der Waals surface area contributed by atoms with Crippen molar-refractivity contribution in [3.63, 3.8) is 0 Å². The molecule has 0 saturated carbocycles. The number of amides is 2. The van der Waals surface area contributed by atoms with Gasteiger partial charge in [-0.1, -0.05) is 30.3 Å². The quantitative estimate of drug-likeness (QED) is 0.757. The third-order valence-electron chi connectivity index (χ3n) is 5.09. The van der Waals surface area contributed by atoms with Crippen LogP contribution >= 0.6 is 0 Å². The standard InChI is InChI=1S/C22H22N4O2/c1-15-4-3-5-16(2)21(15)24-22(28)18-8-6-17(7-9-18)14-25-19-10-12-23-26(19)13-11-20(25)27/h3-10,12H,11,13-14H2,1-2H3,(H,24,28). The predicted octanol–water partition coefficient (Wildman–Crippen LogP) is 3.69. The lowest BCUT2D eigenvalue weighted by molar-refractivity contribution is -0.119. The highest BCUT2D eigenvalue weighted by molar-refractivity contribution is 6.05. The highest BCUT2D eigenvalue weighted by Gasteiger charge is 2.24. The second-order valence-corrected chi connectivity index (χ2v) is 7.06. The maximum Gasteiger partial charge on any atom is 0.255 e. The molecule has 0 atom stereocenters. The van der Waals surface area contributed by atoms with Gasteiger partial charge in [-0.05, 0) is 42.7 Å². The number of carbonyl (C=O) groups is 2. The van der Waals surface area contributed by atoms with E-state index in [1.807, 2.05) is 54.9 Å². The predicted molar refractivity (Wildman–Crippen MR) is 108 cm³/mol. The number of hydrogen-bond acceptors (Lipinski definition) is 3. The Balaban J connectivity index is 1.49. The zero-order valence-electron chi connectivity index (χ0n) is 16.0. The molecule has 4 rings (SSSR count). The first kappa shape index (κ1) is 18.0. The van der Waals surface area contributed by atoms with Crippen LogP contribution in [-0.2, 0) is 17.9 Å². The van der Waals surface area contributed by atoms with E-state index >= 15 is 0 Å². The van der Waals surface area contributed by atoms with Crippen LogP contribution in [0.1, 0.15) is 33.5 Å². The number of benzene rings is 2. The van der Waals surface area contributed by atoms with Gasteiger partial charge in [-0.2, -0.15) is 5.10 Å². The molecule has 2 amide bonds. The molecular weight excluding hydrogens is 352 g/mol. The molecule has 3 aromatic rings. The summed E-state index contributed by atoms with van der Waals surface area (Å²) in [4.78, 5) is 26.7. The largest absolute Gasteiger partial charge is 0.322 e. The van der Waals surface area contributed by atoms with Crippen LogP contribution in [0.15, 0.2) is 54.7 Å². The average Bonchev–Trinajstić information content (AvgIpc) is 3.16. The summed E-state index contributed by atoms with van der Waals surface area (Å²) in [5.74, 6) is 0.758. The fourth-order valence-electron chi connectivity index (χ4n) is 3.50. The molecule has 0 unspecified atom stereocenters. The zero-order valence-corrected chi connectivity index (χ0v) is 16.0. The molecule has 1 aliphatic rings. The Morgan fingerprint density at radius 2 is 1.79 bits per heavy atom. The van der Waals surface area contributed by atoms with Crippen molar-refractivity contribution in [2.24, 2.45) is 0 Å². The molecule has 1 N–H and O–H groups in total. The molecule has 142 valence electrons. The van der Waals surface area contributed by atoms with Gasteiger partial charge in [-0.25, -0.2) is 4.68 Å². The lowest BCUT2D eigenvalue weighted by Gasteiger charge is -2.27. The average molecular weight is 374 g/mol. The van der Waals surface area contributed by atoms with Crippen LogP contribution in [0, 0.1) is 13.8 Å². The monoisotopic (exact) mass is 374 g/mol. The van der Waals surface area contributed by atoms with Gasteiger partial charge in [0.2, 0.25) is 5.91 Å². The zero-order chi connectivity index (χ0) is 19.7. The molecule has 28 heavy (non-hydrogen) atoms. The second kappa shape index (κ2) is 7.31. The molecule has 1 aliphatic heterocycles. The lowest BCUT2D eigenvalue weighted by atomic mass is 10.1. The van der Waals surface area contributed by atoms with Crippen molar-refractivity contribution in [3.05, 3.63) is 77.0 Å². The number of carbonyl (C=O) groups excluding carboxylic acids is 2. The first-order chi connectivity index (χ1) is 13.5. The smallest absolute Gasteiger partial charge is 0.255 e. The SMILES string of the molecule is Cc1cccc(C)c1NC(=O)c1ccc(CN2C(=O)CCn3nccc32)cc1. The Bertz CT molecular complexity index is 1020. The molecule has 0 bridgehead atoms. The summed E-state index contributed by atoms with van der Waals surface area (Å²) >= 11 is 0. The second-order valence-electron chi connectivity index (χ2n) is 7.06. The van der Waals surface area contributed by atoms with E-state index in [0.29, 0.717) is 25.1 Å². The van der Waals surface area contributed by atoms with Gasteiger partial charge in [0.15, 0.2) is 0 Å². The van der Waals surface area contributed by atoms with E-state index in [1.54, 1.807) is 23.2 Å². The van der Waals surface area contributed by atoms with Crippen LogP contribution in [0.25, 0.3) is 0 Å². The molecule has 0 aliphatic carbocycles. The summed E-state index contributed by atoms with van der Waals surface area (Å²) in [6.07, 6.45) is 2.16. The number of anilines is 2. The van der Waals surface area contributed by atoms with E-state index in [1.165, 1.54) is 0 Å². The third kappa shape index (κ3) is 3.41. The molecule has 6 heteroatoms. The fourth-order valence-corrected chi connectivity index (χ4v) is 3.50. The Labute approximate surface area is 163 Å². The van der Waals surface area contributed by atoms with Gasteiger partial charge in [0.1, 0.15) is 5.82 Å². The summed E-state index contributed by atoms with van der Waals surface area (Å²) in [5.41, 5.74) is 4.46. The van der Waals surface area contributed by atoms with E-state index in [0.717, 1.165) is 28.2 Å². The van der Waals surface area contributed by atoms with Crippen molar-refractivity contribution in [1.82, 2.24) is 9.78 Å². The highest BCUT2D eigenvalue weighted by Crippen LogP contribution is 2.24. The Kier molecular flexibility index (Phi) is 4.69. The van der Waals surface area contributed by atoms with Crippen LogP contribution in [0.5, 0.6) is 0 Å². The number of aromatic nitrogens is 2. The normalized spacial score (nSPS) is 13.4. The summed E-state index contributed by atoms with van der Waals surface area (Å²) < 4.78 is 1.84. The van der Waals surface area contributed by atoms with E-state index in [2.05, 4.69) is 10.4 Å². The van der Waals surface area contributed by atoms with Crippen LogP contribution in [-0.4, -0.2) is 21.6 Å². The molecule has 0 radical (unpaired) electrons. The van der Waals surface area contributed by atoms with Crippen molar-refractivity contribution < 1.29 is 9.59 Å². The van der Waals surface area contributed by atoms with Gasteiger partial charge < -0.3 is 5.32 Å². The number of nitrogens with zero attached hydrogens (tertiary/aromatic N) is 3. The van der Waals surface area contributed by atoms with Gasteiger partial charge in [0.05, 0.1) is 19.3 Å². The van der Waals surface area contributed by atoms with Gasteiger partial charge in [-0.3, -0.25) is 14.5 Å². The topological polar surface area (TPSA) is 67.2 Å². The first-order valence-corrected chi connectivity index (χ1v) is 9.31. The summed E-state index contributed by atoms with van der Waals surface area (Å²) in [7, 11) is 0. The van der Waals surface area contributed by atoms with E-state index in [-0.39, 0.29) is 11.8 Å². The van der Waals surface area contributed by atoms with E-state index in [4.69, 9.17) is 0 Å². The van der Waals surface area contributed by atoms with Gasteiger partial charge in [-0.15, -0.1) is 0 Å². The van der Waals surface area contributed by atoms with Crippen molar-refractivity contribution in [3.8, 4) is 0 Å². The maximum absolute atomic E-state index is 12.6. The number of rotatable bonds is 4. The molecule has 2 heterocycles. The van der Waals surface area contributed by atoms with Crippen LogP contribution in [0.2, 0.25) is 0 Å². The minimum atomic E-state index is -0.143. The molecular formula is C22H22N4O2. The van der Waals surface area contributed by atoms with Crippen molar-refractivity contribution in [1.29, 1.82) is 0 Å². The summed E-state index contributed by atoms with van der Waals surface area (Å²) in [6.45, 7) is 5.04. The van der Waals surface area contributed by atoms with E-state index in [9.17, 15) is 9.59 Å². The fraction of sp³-hybridized carbons (Fsp3) is 0.227. The molecule has 0 fully saturated rings. The number of hydrogen-bond donors (Lipinski definition) is 1. The minimum Gasteiger partial charge on any atom is -0.322 e. The maximum atomic E-state index is 12.6. The Morgan fingerprint density at radius 1 is 1.07 bits per heavy atom. The van der Waals surface area contributed by atoms with Crippen molar-refractivity contribution in [2.45, 2.75) is 33.4 Å². The van der Waals surface area contributed by atoms with Gasteiger partial charge in [0.25, 0.3) is 5.91 Å². The van der Waals surface area contributed by atoms with Crippen LogP contribution < -0.4 is 10.2 Å². The molecule has 0 spiro atoms. The highest BCUT2D eigenvalue weighted by atomic mass is 16.2. The van der Waals surface area contributed by atoms with E-state index < -0.39 is 0 Å². The molecule has 0 saturated heterocycles. The number of para-hydroxylation sites is 1. The summed E-state index contributed by atoms with van der Waals surface area (Å²) in [6, 6.07) is 15.2. The van der Waals surface area contributed by atoms with Crippen LogP contribution in [0.3, 0.4) is 0 Å². The Hall–Kier alpha value is -3.41.